The minimum atomic E-state index is -0.0942. The van der Waals surface area contributed by atoms with E-state index >= 15 is 0 Å². The number of amides is 1. The third-order valence-electron chi connectivity index (χ3n) is 3.93. The van der Waals surface area contributed by atoms with E-state index in [0.29, 0.717) is 11.7 Å². The number of rotatable bonds is 6. The van der Waals surface area contributed by atoms with Crippen LogP contribution in [-0.2, 0) is 11.3 Å². The fourth-order valence-electron chi connectivity index (χ4n) is 2.51. The zero-order chi connectivity index (χ0) is 18.4. The van der Waals surface area contributed by atoms with Crippen molar-refractivity contribution < 1.29 is 9.32 Å². The third-order valence-corrected chi connectivity index (χ3v) is 3.93. The molecule has 0 radical (unpaired) electrons. The Balaban J connectivity index is 1.72. The van der Waals surface area contributed by atoms with Gasteiger partial charge in [-0.1, -0.05) is 65.8 Å². The van der Waals surface area contributed by atoms with Crippen molar-refractivity contribution in [3.05, 3.63) is 78.2 Å². The fourth-order valence-corrected chi connectivity index (χ4v) is 2.51. The van der Waals surface area contributed by atoms with Crippen molar-refractivity contribution in [1.29, 1.82) is 0 Å². The molecule has 0 spiro atoms. The smallest absolute Gasteiger partial charge is 0.247 e. The highest BCUT2D eigenvalue weighted by Gasteiger charge is 2.19. The van der Waals surface area contributed by atoms with Crippen LogP contribution >= 0.6 is 0 Å². The standard InChI is InChI=1S/C21H21N3O2/c1-16(2)24(20(25)14-13-17-9-5-3-6-10-17)15-19-22-21(23-26-19)18-11-7-4-8-12-18/h3-14,16H,15H2,1-2H3/b14-13+. The van der Waals surface area contributed by atoms with Crippen molar-refractivity contribution in [2.45, 2.75) is 26.4 Å². The molecule has 26 heavy (non-hydrogen) atoms. The number of aromatic nitrogens is 2. The molecule has 5 heteroatoms. The molecule has 0 fully saturated rings. The molecule has 0 N–H and O–H groups in total. The first-order valence-electron chi connectivity index (χ1n) is 8.55. The molecular formula is C21H21N3O2. The Morgan fingerprint density at radius 1 is 1.08 bits per heavy atom. The lowest BCUT2D eigenvalue weighted by atomic mass is 10.2. The predicted molar refractivity (Wildman–Crippen MR) is 101 cm³/mol. The average molecular weight is 347 g/mol. The van der Waals surface area contributed by atoms with Gasteiger partial charge >= 0.3 is 0 Å². The molecule has 2 aromatic carbocycles. The highest BCUT2D eigenvalue weighted by Crippen LogP contribution is 2.16. The van der Waals surface area contributed by atoms with E-state index in [1.54, 1.807) is 17.1 Å². The first kappa shape index (κ1) is 17.6. The van der Waals surface area contributed by atoms with Crippen LogP contribution in [0.25, 0.3) is 17.5 Å². The van der Waals surface area contributed by atoms with Crippen molar-refractivity contribution >= 4 is 12.0 Å². The number of carbonyl (C=O) groups is 1. The second-order valence-electron chi connectivity index (χ2n) is 6.18. The van der Waals surface area contributed by atoms with Gasteiger partial charge in [0, 0.05) is 17.7 Å². The van der Waals surface area contributed by atoms with Gasteiger partial charge in [0.05, 0.1) is 0 Å². The Morgan fingerprint density at radius 3 is 2.38 bits per heavy atom. The fraction of sp³-hybridized carbons (Fsp3) is 0.190. The molecule has 132 valence electrons. The maximum absolute atomic E-state index is 12.6. The van der Waals surface area contributed by atoms with Gasteiger partial charge in [0.2, 0.25) is 17.6 Å². The van der Waals surface area contributed by atoms with Gasteiger partial charge in [-0.15, -0.1) is 0 Å². The second-order valence-corrected chi connectivity index (χ2v) is 6.18. The highest BCUT2D eigenvalue weighted by molar-refractivity contribution is 5.91. The first-order chi connectivity index (χ1) is 12.6. The molecule has 0 unspecified atom stereocenters. The van der Waals surface area contributed by atoms with E-state index in [2.05, 4.69) is 10.1 Å². The topological polar surface area (TPSA) is 59.2 Å². The largest absolute Gasteiger partial charge is 0.337 e. The lowest BCUT2D eigenvalue weighted by molar-refractivity contribution is -0.128. The van der Waals surface area contributed by atoms with Gasteiger partial charge in [0.1, 0.15) is 6.54 Å². The Labute approximate surface area is 153 Å². The number of hydrogen-bond donors (Lipinski definition) is 0. The molecule has 1 amide bonds. The summed E-state index contributed by atoms with van der Waals surface area (Å²) in [5, 5.41) is 4.01. The van der Waals surface area contributed by atoms with Gasteiger partial charge in [-0.05, 0) is 25.5 Å². The number of benzene rings is 2. The molecular weight excluding hydrogens is 326 g/mol. The molecule has 1 heterocycles. The van der Waals surface area contributed by atoms with Crippen LogP contribution in [0.2, 0.25) is 0 Å². The highest BCUT2D eigenvalue weighted by atomic mass is 16.5. The van der Waals surface area contributed by atoms with Crippen molar-refractivity contribution in [2.75, 3.05) is 0 Å². The Morgan fingerprint density at radius 2 is 1.73 bits per heavy atom. The number of carbonyl (C=O) groups excluding carboxylic acids is 1. The molecule has 0 saturated carbocycles. The molecule has 3 rings (SSSR count). The van der Waals surface area contributed by atoms with Crippen molar-refractivity contribution in [2.24, 2.45) is 0 Å². The third kappa shape index (κ3) is 4.45. The van der Waals surface area contributed by atoms with Crippen LogP contribution < -0.4 is 0 Å². The van der Waals surface area contributed by atoms with E-state index in [1.165, 1.54) is 0 Å². The second kappa shape index (κ2) is 8.25. The molecule has 0 aliphatic carbocycles. The molecule has 0 bridgehead atoms. The Bertz CT molecular complexity index is 871. The zero-order valence-electron chi connectivity index (χ0n) is 14.9. The summed E-state index contributed by atoms with van der Waals surface area (Å²) in [7, 11) is 0. The van der Waals surface area contributed by atoms with Crippen LogP contribution in [0.1, 0.15) is 25.3 Å². The predicted octanol–water partition coefficient (Wildman–Crippen LogP) is 4.19. The van der Waals surface area contributed by atoms with Crippen LogP contribution in [0.15, 0.2) is 71.3 Å². The van der Waals surface area contributed by atoms with Crippen molar-refractivity contribution in [1.82, 2.24) is 15.0 Å². The maximum Gasteiger partial charge on any atom is 0.247 e. The number of nitrogens with zero attached hydrogens (tertiary/aromatic N) is 3. The van der Waals surface area contributed by atoms with Crippen LogP contribution in [0.4, 0.5) is 0 Å². The molecule has 3 aromatic rings. The molecule has 0 aliphatic heterocycles. The summed E-state index contributed by atoms with van der Waals surface area (Å²) >= 11 is 0. The Kier molecular flexibility index (Phi) is 5.59. The molecule has 0 atom stereocenters. The summed E-state index contributed by atoms with van der Waals surface area (Å²) in [5.74, 6) is 0.846. The lowest BCUT2D eigenvalue weighted by Crippen LogP contribution is -2.35. The van der Waals surface area contributed by atoms with E-state index < -0.39 is 0 Å². The monoisotopic (exact) mass is 347 g/mol. The lowest BCUT2D eigenvalue weighted by Gasteiger charge is -2.23. The average Bonchev–Trinajstić information content (AvgIpc) is 3.14. The summed E-state index contributed by atoms with van der Waals surface area (Å²) in [6.45, 7) is 4.20. The van der Waals surface area contributed by atoms with Crippen molar-refractivity contribution in [3.63, 3.8) is 0 Å². The summed E-state index contributed by atoms with van der Waals surface area (Å²) in [4.78, 5) is 18.7. The van der Waals surface area contributed by atoms with E-state index in [0.717, 1.165) is 11.1 Å². The summed E-state index contributed by atoms with van der Waals surface area (Å²) in [5.41, 5.74) is 1.86. The quantitative estimate of drug-likeness (QED) is 0.628. The summed E-state index contributed by atoms with van der Waals surface area (Å²) < 4.78 is 5.33. The van der Waals surface area contributed by atoms with Crippen LogP contribution in [0.5, 0.6) is 0 Å². The van der Waals surface area contributed by atoms with Crippen LogP contribution in [0.3, 0.4) is 0 Å². The van der Waals surface area contributed by atoms with Gasteiger partial charge < -0.3 is 9.42 Å². The first-order valence-corrected chi connectivity index (χ1v) is 8.55. The zero-order valence-corrected chi connectivity index (χ0v) is 14.9. The van der Waals surface area contributed by atoms with E-state index in [-0.39, 0.29) is 18.5 Å². The van der Waals surface area contributed by atoms with Gasteiger partial charge in [-0.25, -0.2) is 0 Å². The summed E-state index contributed by atoms with van der Waals surface area (Å²) in [6.07, 6.45) is 3.38. The van der Waals surface area contributed by atoms with Crippen LogP contribution in [0, 0.1) is 0 Å². The maximum atomic E-state index is 12.6. The Hall–Kier alpha value is -3.21. The minimum Gasteiger partial charge on any atom is -0.337 e. The number of hydrogen-bond acceptors (Lipinski definition) is 4. The minimum absolute atomic E-state index is 0.00926. The van der Waals surface area contributed by atoms with Gasteiger partial charge in [0.25, 0.3) is 0 Å². The van der Waals surface area contributed by atoms with Gasteiger partial charge in [-0.3, -0.25) is 4.79 Å². The van der Waals surface area contributed by atoms with E-state index in [9.17, 15) is 4.79 Å². The SMILES string of the molecule is CC(C)N(Cc1nc(-c2ccccc2)no1)C(=O)/C=C/c1ccccc1. The summed E-state index contributed by atoms with van der Waals surface area (Å²) in [6, 6.07) is 19.3. The van der Waals surface area contributed by atoms with Gasteiger partial charge in [-0.2, -0.15) is 4.98 Å². The van der Waals surface area contributed by atoms with Crippen molar-refractivity contribution in [3.8, 4) is 11.4 Å². The normalized spacial score (nSPS) is 11.2. The molecule has 0 saturated heterocycles. The van der Waals surface area contributed by atoms with E-state index in [4.69, 9.17) is 4.52 Å². The molecule has 1 aromatic heterocycles. The van der Waals surface area contributed by atoms with E-state index in [1.807, 2.05) is 74.5 Å². The van der Waals surface area contributed by atoms with Gasteiger partial charge in [0.15, 0.2) is 0 Å². The van der Waals surface area contributed by atoms with Crippen LogP contribution in [-0.4, -0.2) is 27.0 Å². The molecule has 0 aliphatic rings. The molecule has 5 nitrogen and oxygen atoms in total.